The van der Waals surface area contributed by atoms with Gasteiger partial charge in [0.25, 0.3) is 0 Å². The molecule has 4 nitrogen and oxygen atoms in total. The molecule has 0 spiro atoms. The number of halogens is 1. The smallest absolute Gasteiger partial charge is 0.0766 e. The first-order valence-corrected chi connectivity index (χ1v) is 7.20. The van der Waals surface area contributed by atoms with Gasteiger partial charge in [0, 0.05) is 31.9 Å². The van der Waals surface area contributed by atoms with Crippen molar-refractivity contribution in [2.45, 2.75) is 32.7 Å². The van der Waals surface area contributed by atoms with Gasteiger partial charge in [0.1, 0.15) is 0 Å². The minimum atomic E-state index is -0.0422. The Morgan fingerprint density at radius 2 is 2.21 bits per heavy atom. The van der Waals surface area contributed by atoms with E-state index in [-0.39, 0.29) is 6.04 Å². The highest BCUT2D eigenvalue weighted by Gasteiger charge is 2.17. The first-order chi connectivity index (χ1) is 9.04. The molecule has 2 rings (SSSR count). The quantitative estimate of drug-likeness (QED) is 0.941. The van der Waals surface area contributed by atoms with Crippen LogP contribution in [0.5, 0.6) is 0 Å². The maximum Gasteiger partial charge on any atom is 0.0766 e. The van der Waals surface area contributed by atoms with Crippen molar-refractivity contribution >= 4 is 15.9 Å². The van der Waals surface area contributed by atoms with E-state index in [1.807, 2.05) is 30.9 Å². The number of aromatic nitrogens is 3. The Balaban J connectivity index is 2.27. The average molecular weight is 323 g/mol. The molecular formula is C14H19BrN4. The SMILES string of the molecule is CCc1nn(C)c(CC(N)c2ccncc2C)c1Br. The Hall–Kier alpha value is -1.20. The lowest BCUT2D eigenvalue weighted by Crippen LogP contribution is -2.17. The van der Waals surface area contributed by atoms with Gasteiger partial charge in [-0.05, 0) is 46.5 Å². The van der Waals surface area contributed by atoms with E-state index in [0.717, 1.165) is 39.8 Å². The van der Waals surface area contributed by atoms with E-state index in [1.54, 1.807) is 6.20 Å². The molecular weight excluding hydrogens is 304 g/mol. The van der Waals surface area contributed by atoms with E-state index in [1.165, 1.54) is 0 Å². The molecule has 1 atom stereocenters. The van der Waals surface area contributed by atoms with Crippen LogP contribution in [0.3, 0.4) is 0 Å². The molecule has 5 heteroatoms. The molecule has 0 aliphatic rings. The van der Waals surface area contributed by atoms with Crippen LogP contribution in [-0.4, -0.2) is 14.8 Å². The van der Waals surface area contributed by atoms with Crippen LogP contribution in [0.1, 0.15) is 35.5 Å². The number of aryl methyl sites for hydroxylation is 3. The summed E-state index contributed by atoms with van der Waals surface area (Å²) in [6.45, 7) is 4.14. The Morgan fingerprint density at radius 3 is 2.79 bits per heavy atom. The molecule has 0 aromatic carbocycles. The van der Waals surface area contributed by atoms with E-state index in [0.29, 0.717) is 0 Å². The van der Waals surface area contributed by atoms with E-state index >= 15 is 0 Å². The van der Waals surface area contributed by atoms with Gasteiger partial charge in [-0.2, -0.15) is 5.10 Å². The normalized spacial score (nSPS) is 12.7. The highest BCUT2D eigenvalue weighted by molar-refractivity contribution is 9.10. The Kier molecular flexibility index (Phi) is 4.37. The molecule has 0 fully saturated rings. The van der Waals surface area contributed by atoms with Crippen molar-refractivity contribution in [3.8, 4) is 0 Å². The van der Waals surface area contributed by atoms with Crippen LogP contribution in [0, 0.1) is 6.92 Å². The fraction of sp³-hybridized carbons (Fsp3) is 0.429. The zero-order valence-electron chi connectivity index (χ0n) is 11.5. The van der Waals surface area contributed by atoms with Gasteiger partial charge >= 0.3 is 0 Å². The van der Waals surface area contributed by atoms with Gasteiger partial charge in [0.2, 0.25) is 0 Å². The fourth-order valence-electron chi connectivity index (χ4n) is 2.26. The topological polar surface area (TPSA) is 56.7 Å². The number of hydrogen-bond donors (Lipinski definition) is 1. The fourth-order valence-corrected chi connectivity index (χ4v) is 3.04. The van der Waals surface area contributed by atoms with E-state index < -0.39 is 0 Å². The number of nitrogens with zero attached hydrogens (tertiary/aromatic N) is 3. The summed E-state index contributed by atoms with van der Waals surface area (Å²) in [7, 11) is 1.96. The largest absolute Gasteiger partial charge is 0.324 e. The third kappa shape index (κ3) is 2.87. The zero-order valence-corrected chi connectivity index (χ0v) is 13.1. The molecule has 1 unspecified atom stereocenters. The summed E-state index contributed by atoms with van der Waals surface area (Å²) in [6, 6.07) is 1.95. The van der Waals surface area contributed by atoms with Crippen molar-refractivity contribution in [2.75, 3.05) is 0 Å². The highest BCUT2D eigenvalue weighted by atomic mass is 79.9. The van der Waals surface area contributed by atoms with Gasteiger partial charge in [-0.1, -0.05) is 6.92 Å². The summed E-state index contributed by atoms with van der Waals surface area (Å²) < 4.78 is 3.00. The molecule has 102 valence electrons. The lowest BCUT2D eigenvalue weighted by atomic mass is 10.00. The molecule has 0 amide bonds. The number of pyridine rings is 1. The highest BCUT2D eigenvalue weighted by Crippen LogP contribution is 2.26. The minimum Gasteiger partial charge on any atom is -0.324 e. The molecule has 0 radical (unpaired) electrons. The number of hydrogen-bond acceptors (Lipinski definition) is 3. The summed E-state index contributed by atoms with van der Waals surface area (Å²) in [5.74, 6) is 0. The Morgan fingerprint density at radius 1 is 1.47 bits per heavy atom. The van der Waals surface area contributed by atoms with Crippen LogP contribution in [0.25, 0.3) is 0 Å². The predicted molar refractivity (Wildman–Crippen MR) is 79.9 cm³/mol. The van der Waals surface area contributed by atoms with Gasteiger partial charge in [-0.25, -0.2) is 0 Å². The van der Waals surface area contributed by atoms with Gasteiger partial charge in [-0.3, -0.25) is 9.67 Å². The van der Waals surface area contributed by atoms with E-state index in [2.05, 4.69) is 32.9 Å². The van der Waals surface area contributed by atoms with Gasteiger partial charge in [0.05, 0.1) is 15.9 Å². The van der Waals surface area contributed by atoms with Crippen LogP contribution >= 0.6 is 15.9 Å². The van der Waals surface area contributed by atoms with E-state index in [9.17, 15) is 0 Å². The van der Waals surface area contributed by atoms with Crippen molar-refractivity contribution in [1.29, 1.82) is 0 Å². The van der Waals surface area contributed by atoms with Gasteiger partial charge in [-0.15, -0.1) is 0 Å². The molecule has 0 bridgehead atoms. The summed E-state index contributed by atoms with van der Waals surface area (Å²) in [5.41, 5.74) is 10.8. The second-order valence-corrected chi connectivity index (χ2v) is 5.52. The third-order valence-electron chi connectivity index (χ3n) is 3.38. The Bertz CT molecular complexity index is 577. The number of nitrogens with two attached hydrogens (primary N) is 1. The van der Waals surface area contributed by atoms with Crippen molar-refractivity contribution in [3.05, 3.63) is 45.4 Å². The van der Waals surface area contributed by atoms with Crippen LogP contribution in [-0.2, 0) is 19.9 Å². The van der Waals surface area contributed by atoms with Crippen molar-refractivity contribution in [3.63, 3.8) is 0 Å². The van der Waals surface area contributed by atoms with Crippen molar-refractivity contribution in [1.82, 2.24) is 14.8 Å². The van der Waals surface area contributed by atoms with E-state index in [4.69, 9.17) is 5.73 Å². The van der Waals surface area contributed by atoms with Crippen molar-refractivity contribution in [2.24, 2.45) is 12.8 Å². The lowest BCUT2D eigenvalue weighted by Gasteiger charge is -2.14. The Labute approximate surface area is 122 Å². The summed E-state index contributed by atoms with van der Waals surface area (Å²) in [6.07, 6.45) is 5.32. The van der Waals surface area contributed by atoms with Crippen LogP contribution in [0.15, 0.2) is 22.9 Å². The summed E-state index contributed by atoms with van der Waals surface area (Å²) >= 11 is 3.63. The minimum absolute atomic E-state index is 0.0422. The molecule has 0 saturated heterocycles. The molecule has 0 aliphatic carbocycles. The van der Waals surface area contributed by atoms with Crippen molar-refractivity contribution < 1.29 is 0 Å². The molecule has 19 heavy (non-hydrogen) atoms. The third-order valence-corrected chi connectivity index (χ3v) is 4.29. The molecule has 2 aromatic heterocycles. The predicted octanol–water partition coefficient (Wildman–Crippen LogP) is 2.69. The summed E-state index contributed by atoms with van der Waals surface area (Å²) in [5, 5.41) is 4.50. The molecule has 2 heterocycles. The first kappa shape index (κ1) is 14.2. The van der Waals surface area contributed by atoms with Crippen LogP contribution in [0.4, 0.5) is 0 Å². The zero-order chi connectivity index (χ0) is 14.0. The standard InChI is InChI=1S/C14H19BrN4/c1-4-12-14(15)13(19(3)18-12)7-11(16)10-5-6-17-8-9(10)2/h5-6,8,11H,4,7,16H2,1-3H3. The average Bonchev–Trinajstić information content (AvgIpc) is 2.66. The molecule has 2 aromatic rings. The second kappa shape index (κ2) is 5.84. The van der Waals surface area contributed by atoms with Crippen LogP contribution < -0.4 is 5.73 Å². The maximum absolute atomic E-state index is 6.33. The monoisotopic (exact) mass is 322 g/mol. The first-order valence-electron chi connectivity index (χ1n) is 6.40. The van der Waals surface area contributed by atoms with Gasteiger partial charge in [0.15, 0.2) is 0 Å². The molecule has 0 aliphatic heterocycles. The van der Waals surface area contributed by atoms with Gasteiger partial charge < -0.3 is 5.73 Å². The maximum atomic E-state index is 6.33. The second-order valence-electron chi connectivity index (χ2n) is 4.73. The molecule has 2 N–H and O–H groups in total. The summed E-state index contributed by atoms with van der Waals surface area (Å²) in [4.78, 5) is 4.10. The molecule has 0 saturated carbocycles. The van der Waals surface area contributed by atoms with Crippen LogP contribution in [0.2, 0.25) is 0 Å². The lowest BCUT2D eigenvalue weighted by molar-refractivity contribution is 0.634. The number of rotatable bonds is 4.